The van der Waals surface area contributed by atoms with Gasteiger partial charge in [-0.2, -0.15) is 0 Å². The fourth-order valence-corrected chi connectivity index (χ4v) is 0.749. The van der Waals surface area contributed by atoms with Crippen LogP contribution in [0.2, 0.25) is 0 Å². The third-order valence-electron chi connectivity index (χ3n) is 1.24. The summed E-state index contributed by atoms with van der Waals surface area (Å²) in [5.74, 6) is 5.78. The number of hydrogen-bond donors (Lipinski definition) is 1. The van der Waals surface area contributed by atoms with E-state index in [1.807, 2.05) is 6.92 Å². The predicted molar refractivity (Wildman–Crippen MR) is 47.3 cm³/mol. The molecule has 62 valence electrons. The van der Waals surface area contributed by atoms with Crippen LogP contribution in [0, 0.1) is 18.8 Å². The molecule has 0 aliphatic heterocycles. The van der Waals surface area contributed by atoms with Crippen molar-refractivity contribution in [3.05, 3.63) is 23.8 Å². The third kappa shape index (κ3) is 2.69. The van der Waals surface area contributed by atoms with Crippen LogP contribution in [0.3, 0.4) is 0 Å². The number of aryl methyl sites for hydroxylation is 1. The highest BCUT2D eigenvalue weighted by atomic mass is 14.8. The lowest BCUT2D eigenvalue weighted by Crippen LogP contribution is -1.95. The normalized spacial score (nSPS) is 8.83. The van der Waals surface area contributed by atoms with E-state index in [2.05, 4.69) is 21.8 Å². The zero-order chi connectivity index (χ0) is 8.81. The van der Waals surface area contributed by atoms with Crippen molar-refractivity contribution in [3.63, 3.8) is 0 Å². The Balaban J connectivity index is 2.71. The standard InChI is InChI=1S/C9H11N3/c1-8-6-11-7-9(12-8)4-2-3-5-10/h6-7H,3,5,10H2,1H3. The van der Waals surface area contributed by atoms with E-state index in [0.717, 1.165) is 5.69 Å². The van der Waals surface area contributed by atoms with Gasteiger partial charge in [0.1, 0.15) is 5.69 Å². The average Bonchev–Trinajstić information content (AvgIpc) is 2.05. The lowest BCUT2D eigenvalue weighted by atomic mass is 10.3. The molecule has 0 aliphatic rings. The van der Waals surface area contributed by atoms with Crippen LogP contribution in [-0.2, 0) is 0 Å². The molecule has 3 heteroatoms. The fourth-order valence-electron chi connectivity index (χ4n) is 0.749. The molecule has 1 aromatic heterocycles. The van der Waals surface area contributed by atoms with Gasteiger partial charge in [0.05, 0.1) is 11.9 Å². The number of rotatable bonds is 1. The smallest absolute Gasteiger partial charge is 0.131 e. The van der Waals surface area contributed by atoms with E-state index in [9.17, 15) is 0 Å². The van der Waals surface area contributed by atoms with Gasteiger partial charge in [0.15, 0.2) is 0 Å². The first-order valence-corrected chi connectivity index (χ1v) is 3.80. The predicted octanol–water partition coefficient (Wildman–Crippen LogP) is 0.485. The Hall–Kier alpha value is -1.40. The van der Waals surface area contributed by atoms with Crippen LogP contribution in [-0.4, -0.2) is 16.5 Å². The van der Waals surface area contributed by atoms with Gasteiger partial charge >= 0.3 is 0 Å². The molecule has 1 aromatic rings. The van der Waals surface area contributed by atoms with Crippen molar-refractivity contribution in [2.45, 2.75) is 13.3 Å². The Morgan fingerprint density at radius 3 is 3.00 bits per heavy atom. The van der Waals surface area contributed by atoms with E-state index < -0.39 is 0 Å². The van der Waals surface area contributed by atoms with Crippen LogP contribution in [0.4, 0.5) is 0 Å². The van der Waals surface area contributed by atoms with Crippen molar-refractivity contribution in [3.8, 4) is 11.8 Å². The van der Waals surface area contributed by atoms with Crippen LogP contribution >= 0.6 is 0 Å². The Morgan fingerprint density at radius 1 is 1.50 bits per heavy atom. The second kappa shape index (κ2) is 4.47. The first-order valence-electron chi connectivity index (χ1n) is 3.80. The van der Waals surface area contributed by atoms with Crippen LogP contribution in [0.5, 0.6) is 0 Å². The molecule has 1 heterocycles. The van der Waals surface area contributed by atoms with Gasteiger partial charge in [0.25, 0.3) is 0 Å². The van der Waals surface area contributed by atoms with Crippen molar-refractivity contribution in [1.29, 1.82) is 0 Å². The lowest BCUT2D eigenvalue weighted by molar-refractivity contribution is 1.03. The summed E-state index contributed by atoms with van der Waals surface area (Å²) in [6, 6.07) is 0. The zero-order valence-corrected chi connectivity index (χ0v) is 7.04. The average molecular weight is 161 g/mol. The van der Waals surface area contributed by atoms with E-state index in [1.165, 1.54) is 0 Å². The number of nitrogens with two attached hydrogens (primary N) is 1. The molecule has 0 fully saturated rings. The second-order valence-electron chi connectivity index (χ2n) is 2.39. The molecule has 3 nitrogen and oxygen atoms in total. The quantitative estimate of drug-likeness (QED) is 0.610. The van der Waals surface area contributed by atoms with Gasteiger partial charge in [-0.15, -0.1) is 0 Å². The van der Waals surface area contributed by atoms with Gasteiger partial charge in [-0.1, -0.05) is 5.92 Å². The maximum absolute atomic E-state index is 5.28. The molecule has 0 spiro atoms. The lowest BCUT2D eigenvalue weighted by Gasteiger charge is -1.90. The Bertz CT molecular complexity index is 309. The number of aromatic nitrogens is 2. The molecule has 0 saturated heterocycles. The molecule has 0 atom stereocenters. The van der Waals surface area contributed by atoms with Crippen molar-refractivity contribution >= 4 is 0 Å². The molecule has 0 bridgehead atoms. The van der Waals surface area contributed by atoms with Crippen molar-refractivity contribution < 1.29 is 0 Å². The van der Waals surface area contributed by atoms with E-state index in [-0.39, 0.29) is 0 Å². The molecule has 0 radical (unpaired) electrons. The SMILES string of the molecule is Cc1cncc(C#CCCN)n1. The summed E-state index contributed by atoms with van der Waals surface area (Å²) >= 11 is 0. The minimum Gasteiger partial charge on any atom is -0.330 e. The van der Waals surface area contributed by atoms with Gasteiger partial charge < -0.3 is 5.73 Å². The molecule has 2 N–H and O–H groups in total. The number of nitrogens with zero attached hydrogens (tertiary/aromatic N) is 2. The minimum absolute atomic E-state index is 0.590. The van der Waals surface area contributed by atoms with Gasteiger partial charge in [-0.25, -0.2) is 4.98 Å². The first-order chi connectivity index (χ1) is 5.83. The zero-order valence-electron chi connectivity index (χ0n) is 7.04. The van der Waals surface area contributed by atoms with Gasteiger partial charge in [0, 0.05) is 19.2 Å². The minimum atomic E-state index is 0.590. The monoisotopic (exact) mass is 161 g/mol. The summed E-state index contributed by atoms with van der Waals surface area (Å²) in [4.78, 5) is 8.13. The van der Waals surface area contributed by atoms with Crippen molar-refractivity contribution in [2.75, 3.05) is 6.54 Å². The van der Waals surface area contributed by atoms with Gasteiger partial charge in [-0.3, -0.25) is 4.98 Å². The molecule has 0 unspecified atom stereocenters. The Kier molecular flexibility index (Phi) is 3.24. The molecule has 0 amide bonds. The van der Waals surface area contributed by atoms with Gasteiger partial charge in [0.2, 0.25) is 0 Å². The van der Waals surface area contributed by atoms with E-state index in [0.29, 0.717) is 18.7 Å². The molecule has 12 heavy (non-hydrogen) atoms. The third-order valence-corrected chi connectivity index (χ3v) is 1.24. The summed E-state index contributed by atoms with van der Waals surface area (Å²) < 4.78 is 0. The molecule has 0 saturated carbocycles. The summed E-state index contributed by atoms with van der Waals surface area (Å²) in [6.07, 6.45) is 4.06. The second-order valence-corrected chi connectivity index (χ2v) is 2.39. The number of hydrogen-bond acceptors (Lipinski definition) is 3. The highest BCUT2D eigenvalue weighted by Gasteiger charge is 1.88. The van der Waals surface area contributed by atoms with E-state index in [1.54, 1.807) is 12.4 Å². The summed E-state index contributed by atoms with van der Waals surface area (Å²) in [7, 11) is 0. The molecule has 0 aliphatic carbocycles. The largest absolute Gasteiger partial charge is 0.330 e. The Labute approximate surface area is 72.0 Å². The molecule has 1 rings (SSSR count). The van der Waals surface area contributed by atoms with Crippen LogP contribution in [0.25, 0.3) is 0 Å². The van der Waals surface area contributed by atoms with Crippen molar-refractivity contribution in [2.24, 2.45) is 5.73 Å². The molecular formula is C9H11N3. The summed E-state index contributed by atoms with van der Waals surface area (Å²) in [6.45, 7) is 2.48. The first kappa shape index (κ1) is 8.69. The van der Waals surface area contributed by atoms with E-state index in [4.69, 9.17) is 5.73 Å². The van der Waals surface area contributed by atoms with Crippen LogP contribution in [0.15, 0.2) is 12.4 Å². The van der Waals surface area contributed by atoms with Crippen LogP contribution in [0.1, 0.15) is 17.8 Å². The topological polar surface area (TPSA) is 51.8 Å². The molecule has 0 aromatic carbocycles. The van der Waals surface area contributed by atoms with Crippen LogP contribution < -0.4 is 5.73 Å². The van der Waals surface area contributed by atoms with Gasteiger partial charge in [-0.05, 0) is 12.8 Å². The van der Waals surface area contributed by atoms with Crippen molar-refractivity contribution in [1.82, 2.24) is 9.97 Å². The Morgan fingerprint density at radius 2 is 2.33 bits per heavy atom. The summed E-state index contributed by atoms with van der Waals surface area (Å²) in [5.41, 5.74) is 6.88. The highest BCUT2D eigenvalue weighted by Crippen LogP contribution is 1.91. The molecular weight excluding hydrogens is 150 g/mol. The maximum Gasteiger partial charge on any atom is 0.131 e. The summed E-state index contributed by atoms with van der Waals surface area (Å²) in [5, 5.41) is 0. The highest BCUT2D eigenvalue weighted by molar-refractivity contribution is 5.25. The maximum atomic E-state index is 5.28. The fraction of sp³-hybridized carbons (Fsp3) is 0.333. The van der Waals surface area contributed by atoms with E-state index >= 15 is 0 Å².